The molecule has 0 aromatic carbocycles. The SMILES string of the molecule is CC(=O)O[C@H]1C(Cn2cc(-c3cccnc3)nn2)OC(OCCCCC(=O)ONS)C(C)[C@H]1C. The lowest BCUT2D eigenvalue weighted by Crippen LogP contribution is -2.53. The lowest BCUT2D eigenvalue weighted by atomic mass is 9.84. The molecule has 1 aliphatic heterocycles. The van der Waals surface area contributed by atoms with Gasteiger partial charge < -0.3 is 19.0 Å². The van der Waals surface area contributed by atoms with Crippen molar-refractivity contribution in [2.45, 2.75) is 65.1 Å². The highest BCUT2D eigenvalue weighted by Crippen LogP contribution is 2.34. The summed E-state index contributed by atoms with van der Waals surface area (Å²) in [7, 11) is 0. The molecule has 0 bridgehead atoms. The molecular formula is C22H31N5O6S. The van der Waals surface area contributed by atoms with Crippen LogP contribution in [0.4, 0.5) is 0 Å². The van der Waals surface area contributed by atoms with E-state index in [0.29, 0.717) is 31.7 Å². The molecule has 0 aliphatic carbocycles. The van der Waals surface area contributed by atoms with Crippen molar-refractivity contribution in [3.05, 3.63) is 30.7 Å². The summed E-state index contributed by atoms with van der Waals surface area (Å²) in [6, 6.07) is 3.74. The Kier molecular flexibility index (Phi) is 9.81. The molecule has 1 N–H and O–H groups in total. The highest BCUT2D eigenvalue weighted by atomic mass is 32.1. The van der Waals surface area contributed by atoms with Crippen LogP contribution in [0.1, 0.15) is 40.0 Å². The second-order valence-electron chi connectivity index (χ2n) is 8.30. The smallest absolute Gasteiger partial charge is 0.325 e. The normalized spacial score (nSPS) is 24.5. The maximum Gasteiger partial charge on any atom is 0.325 e. The molecule has 12 heteroatoms. The topological polar surface area (TPSA) is 127 Å². The molecule has 2 aromatic rings. The highest BCUT2D eigenvalue weighted by Gasteiger charge is 2.44. The first kappa shape index (κ1) is 26.1. The standard InChI is InChI=1S/C22H31N5O6S/c1-14-15(2)22(30-10-5-4-8-20(29)33-26-34)32-19(21(14)31-16(3)28)13-27-12-18(24-25-27)17-7-6-9-23-11-17/h6-7,9,11-12,14-15,19,21-22,26,34H,4-5,8,10,13H2,1-3H3/t14-,15?,19?,21-,22?/m1/s1. The molecule has 0 saturated carbocycles. The van der Waals surface area contributed by atoms with Gasteiger partial charge in [-0.15, -0.1) is 5.10 Å². The summed E-state index contributed by atoms with van der Waals surface area (Å²) in [5, 5.41) is 8.43. The summed E-state index contributed by atoms with van der Waals surface area (Å²) in [6.07, 6.45) is 5.34. The molecule has 1 aliphatic rings. The van der Waals surface area contributed by atoms with Crippen molar-refractivity contribution in [3.63, 3.8) is 0 Å². The van der Waals surface area contributed by atoms with Crippen LogP contribution in [0.15, 0.2) is 30.7 Å². The number of rotatable bonds is 11. The van der Waals surface area contributed by atoms with Crippen LogP contribution in [-0.2, 0) is 35.2 Å². The minimum Gasteiger partial charge on any atom is -0.459 e. The fourth-order valence-corrected chi connectivity index (χ4v) is 3.97. The van der Waals surface area contributed by atoms with Crippen molar-refractivity contribution in [3.8, 4) is 11.3 Å². The summed E-state index contributed by atoms with van der Waals surface area (Å²) < 4.78 is 19.6. The number of hydrogen-bond donors (Lipinski definition) is 2. The number of ether oxygens (including phenoxy) is 3. The van der Waals surface area contributed by atoms with Crippen LogP contribution in [0.3, 0.4) is 0 Å². The quantitative estimate of drug-likeness (QED) is 0.208. The van der Waals surface area contributed by atoms with E-state index in [1.807, 2.05) is 32.2 Å². The van der Waals surface area contributed by atoms with E-state index >= 15 is 0 Å². The Hall–Kier alpha value is -2.54. The zero-order valence-electron chi connectivity index (χ0n) is 19.5. The van der Waals surface area contributed by atoms with Crippen molar-refractivity contribution in [1.29, 1.82) is 0 Å². The molecule has 34 heavy (non-hydrogen) atoms. The number of esters is 1. The van der Waals surface area contributed by atoms with E-state index in [2.05, 4.69) is 37.8 Å². The number of hydrogen-bond acceptors (Lipinski definition) is 11. The first-order valence-electron chi connectivity index (χ1n) is 11.2. The van der Waals surface area contributed by atoms with E-state index in [9.17, 15) is 9.59 Å². The van der Waals surface area contributed by atoms with Gasteiger partial charge in [0.05, 0.1) is 12.7 Å². The molecular weight excluding hydrogens is 462 g/mol. The Morgan fingerprint density at radius 1 is 1.26 bits per heavy atom. The number of pyridine rings is 1. The molecule has 11 nitrogen and oxygen atoms in total. The average molecular weight is 494 g/mol. The third-order valence-corrected chi connectivity index (χ3v) is 5.93. The van der Waals surface area contributed by atoms with Crippen LogP contribution in [0.25, 0.3) is 11.3 Å². The number of aromatic nitrogens is 4. The second-order valence-corrected chi connectivity index (χ2v) is 8.48. The molecule has 2 aromatic heterocycles. The minimum absolute atomic E-state index is 0.00888. The summed E-state index contributed by atoms with van der Waals surface area (Å²) in [6.45, 7) is 6.18. The first-order valence-corrected chi connectivity index (χ1v) is 11.7. The van der Waals surface area contributed by atoms with E-state index in [1.54, 1.807) is 17.1 Å². The van der Waals surface area contributed by atoms with Gasteiger partial charge in [0.1, 0.15) is 17.9 Å². The molecule has 0 amide bonds. The van der Waals surface area contributed by atoms with Crippen molar-refractivity contribution in [1.82, 2.24) is 24.9 Å². The fraction of sp³-hybridized carbons (Fsp3) is 0.591. The zero-order valence-corrected chi connectivity index (χ0v) is 20.4. The summed E-state index contributed by atoms with van der Waals surface area (Å²) in [5.41, 5.74) is 1.54. The monoisotopic (exact) mass is 493 g/mol. The van der Waals surface area contributed by atoms with Gasteiger partial charge in [-0.2, -0.15) is 0 Å². The molecule has 1 saturated heterocycles. The Balaban J connectivity index is 1.62. The molecule has 3 heterocycles. The van der Waals surface area contributed by atoms with Gasteiger partial charge in [0.15, 0.2) is 6.29 Å². The van der Waals surface area contributed by atoms with Gasteiger partial charge in [-0.25, -0.2) is 4.68 Å². The van der Waals surface area contributed by atoms with E-state index in [1.165, 1.54) is 6.92 Å². The van der Waals surface area contributed by atoms with Gasteiger partial charge in [-0.1, -0.05) is 36.8 Å². The van der Waals surface area contributed by atoms with Crippen molar-refractivity contribution >= 4 is 24.8 Å². The molecule has 0 spiro atoms. The fourth-order valence-electron chi connectivity index (χ4n) is 3.86. The molecule has 0 radical (unpaired) electrons. The van der Waals surface area contributed by atoms with Gasteiger partial charge >= 0.3 is 11.9 Å². The number of nitrogens with one attached hydrogen (secondary N) is 1. The Labute approximate surface area is 204 Å². The van der Waals surface area contributed by atoms with Crippen LogP contribution in [-0.4, -0.2) is 57.0 Å². The van der Waals surface area contributed by atoms with Crippen LogP contribution in [0.2, 0.25) is 0 Å². The van der Waals surface area contributed by atoms with Crippen molar-refractivity contribution < 1.29 is 28.6 Å². The summed E-state index contributed by atoms with van der Waals surface area (Å²) in [5.74, 6) is -0.769. The first-order chi connectivity index (χ1) is 16.4. The zero-order chi connectivity index (χ0) is 24.5. The third-order valence-electron chi connectivity index (χ3n) is 5.83. The predicted molar refractivity (Wildman–Crippen MR) is 124 cm³/mol. The van der Waals surface area contributed by atoms with Gasteiger partial charge in [-0.3, -0.25) is 14.6 Å². The number of unbranched alkanes of at least 4 members (excludes halogenated alkanes) is 1. The van der Waals surface area contributed by atoms with E-state index in [4.69, 9.17) is 14.2 Å². The van der Waals surface area contributed by atoms with Crippen molar-refractivity contribution in [2.24, 2.45) is 11.8 Å². The lowest BCUT2D eigenvalue weighted by Gasteiger charge is -2.43. The Bertz CT molecular complexity index is 930. The third kappa shape index (κ3) is 7.23. The van der Waals surface area contributed by atoms with Crippen LogP contribution >= 0.6 is 12.8 Å². The van der Waals surface area contributed by atoms with Gasteiger partial charge in [0, 0.05) is 49.7 Å². The molecule has 5 atom stereocenters. The maximum absolute atomic E-state index is 11.8. The summed E-state index contributed by atoms with van der Waals surface area (Å²) in [4.78, 5) is 33.9. The van der Waals surface area contributed by atoms with Crippen LogP contribution in [0.5, 0.6) is 0 Å². The Morgan fingerprint density at radius 2 is 2.09 bits per heavy atom. The molecule has 186 valence electrons. The number of thiol groups is 1. The highest BCUT2D eigenvalue weighted by molar-refractivity contribution is 7.77. The molecule has 3 rings (SSSR count). The average Bonchev–Trinajstić information content (AvgIpc) is 3.28. The van der Waals surface area contributed by atoms with Crippen LogP contribution < -0.4 is 4.89 Å². The summed E-state index contributed by atoms with van der Waals surface area (Å²) >= 11 is 3.62. The van der Waals surface area contributed by atoms with E-state index in [0.717, 1.165) is 5.56 Å². The van der Waals surface area contributed by atoms with E-state index < -0.39 is 18.5 Å². The maximum atomic E-state index is 11.8. The van der Waals surface area contributed by atoms with E-state index in [-0.39, 0.29) is 30.2 Å². The largest absolute Gasteiger partial charge is 0.459 e. The number of nitrogens with zero attached hydrogens (tertiary/aromatic N) is 4. The van der Waals surface area contributed by atoms with Gasteiger partial charge in [0.25, 0.3) is 0 Å². The predicted octanol–water partition coefficient (Wildman–Crippen LogP) is 2.35. The van der Waals surface area contributed by atoms with Gasteiger partial charge in [-0.05, 0) is 25.0 Å². The van der Waals surface area contributed by atoms with Crippen LogP contribution in [0, 0.1) is 11.8 Å². The van der Waals surface area contributed by atoms with Gasteiger partial charge in [0.2, 0.25) is 0 Å². The lowest BCUT2D eigenvalue weighted by molar-refractivity contribution is -0.269. The Morgan fingerprint density at radius 3 is 2.79 bits per heavy atom. The number of carbonyl (C=O) groups excluding carboxylic acids is 2. The number of carbonyl (C=O) groups is 2. The van der Waals surface area contributed by atoms with Crippen molar-refractivity contribution in [2.75, 3.05) is 6.61 Å². The minimum atomic E-state index is -0.487. The molecule has 1 fully saturated rings. The second kappa shape index (κ2) is 12.8. The molecule has 3 unspecified atom stereocenters.